The van der Waals surface area contributed by atoms with Crippen molar-refractivity contribution in [1.29, 1.82) is 0 Å². The number of nitrogens with zero attached hydrogens (tertiary/aromatic N) is 2. The maximum absolute atomic E-state index is 13.5. The Labute approximate surface area is 226 Å². The molecule has 3 heterocycles. The Bertz CT molecular complexity index is 1400. The van der Waals surface area contributed by atoms with Gasteiger partial charge in [-0.1, -0.05) is 18.2 Å². The number of carbonyl (C=O) groups excluding carboxylic acids is 3. The van der Waals surface area contributed by atoms with Crippen LogP contribution in [-0.2, 0) is 40.1 Å². The van der Waals surface area contributed by atoms with E-state index >= 15 is 0 Å². The summed E-state index contributed by atoms with van der Waals surface area (Å²) in [6.45, 7) is 7.31. The van der Waals surface area contributed by atoms with Gasteiger partial charge in [-0.25, -0.2) is 9.59 Å². The third-order valence-corrected chi connectivity index (χ3v) is 8.46. The molecular formula is C29H33N3O5S. The molecule has 8 nitrogen and oxygen atoms in total. The second kappa shape index (κ2) is 11.2. The van der Waals surface area contributed by atoms with Crippen LogP contribution in [0.3, 0.4) is 0 Å². The lowest BCUT2D eigenvalue weighted by molar-refractivity contribution is -0.119. The summed E-state index contributed by atoms with van der Waals surface area (Å²) >= 11 is 1.41. The van der Waals surface area contributed by atoms with Crippen molar-refractivity contribution in [1.82, 2.24) is 9.88 Å². The van der Waals surface area contributed by atoms with Crippen LogP contribution in [0.5, 0.6) is 0 Å². The number of thiophene rings is 1. The van der Waals surface area contributed by atoms with Crippen molar-refractivity contribution in [3.63, 3.8) is 0 Å². The van der Waals surface area contributed by atoms with Gasteiger partial charge in [-0.15, -0.1) is 11.3 Å². The summed E-state index contributed by atoms with van der Waals surface area (Å²) in [6.07, 6.45) is 4.47. The van der Waals surface area contributed by atoms with Crippen LogP contribution in [0, 0.1) is 0 Å². The Hall–Kier alpha value is -3.30. The molecule has 2 aromatic heterocycles. The molecule has 1 aliphatic heterocycles. The van der Waals surface area contributed by atoms with Crippen LogP contribution in [0.2, 0.25) is 0 Å². The van der Waals surface area contributed by atoms with Gasteiger partial charge in [0.2, 0.25) is 0 Å². The zero-order valence-electron chi connectivity index (χ0n) is 22.1. The van der Waals surface area contributed by atoms with E-state index in [1.807, 2.05) is 24.3 Å². The summed E-state index contributed by atoms with van der Waals surface area (Å²) in [4.78, 5) is 47.3. The zero-order valence-corrected chi connectivity index (χ0v) is 22.9. The standard InChI is InChI=1S/C29H33N3O5S/c1-4-36-29(35)26-19-10-6-8-12-23(19)38-27(26)31-24(33)16-37-28(34)25-18-9-5-7-11-21(18)30-22-13-14-32(17(2)3)15-20(22)25/h5,7,9,11,17H,4,6,8,10,12-16H2,1-3H3,(H,31,33). The normalized spacial score (nSPS) is 15.2. The Kier molecular flexibility index (Phi) is 7.76. The van der Waals surface area contributed by atoms with Gasteiger partial charge in [0.1, 0.15) is 5.00 Å². The molecule has 200 valence electrons. The number of carbonyl (C=O) groups is 3. The third kappa shape index (κ3) is 5.17. The van der Waals surface area contributed by atoms with Crippen molar-refractivity contribution < 1.29 is 23.9 Å². The number of aromatic nitrogens is 1. The summed E-state index contributed by atoms with van der Waals surface area (Å²) in [5.74, 6) is -1.46. The molecule has 38 heavy (non-hydrogen) atoms. The first-order valence-electron chi connectivity index (χ1n) is 13.3. The van der Waals surface area contributed by atoms with Gasteiger partial charge in [0.25, 0.3) is 5.91 Å². The van der Waals surface area contributed by atoms with Gasteiger partial charge in [0.05, 0.1) is 23.3 Å². The second-order valence-electron chi connectivity index (χ2n) is 10.0. The summed E-state index contributed by atoms with van der Waals surface area (Å²) in [5.41, 5.74) is 4.39. The highest BCUT2D eigenvalue weighted by atomic mass is 32.1. The molecule has 1 aliphatic carbocycles. The van der Waals surface area contributed by atoms with Gasteiger partial charge in [-0.05, 0) is 58.1 Å². The lowest BCUT2D eigenvalue weighted by atomic mass is 9.95. The van der Waals surface area contributed by atoms with Crippen LogP contribution in [0.25, 0.3) is 10.9 Å². The maximum Gasteiger partial charge on any atom is 0.341 e. The number of ether oxygens (including phenoxy) is 2. The number of pyridine rings is 1. The predicted molar refractivity (Wildman–Crippen MR) is 147 cm³/mol. The van der Waals surface area contributed by atoms with Crippen molar-refractivity contribution in [2.75, 3.05) is 25.1 Å². The predicted octanol–water partition coefficient (Wildman–Crippen LogP) is 4.91. The number of nitrogens with one attached hydrogen (secondary N) is 1. The number of anilines is 1. The van der Waals surface area contributed by atoms with E-state index in [9.17, 15) is 14.4 Å². The van der Waals surface area contributed by atoms with Crippen LogP contribution in [0.15, 0.2) is 24.3 Å². The quantitative estimate of drug-likeness (QED) is 0.429. The Balaban J connectivity index is 1.37. The number of aryl methyl sites for hydroxylation is 1. The molecule has 1 amide bonds. The van der Waals surface area contributed by atoms with Gasteiger partial charge in [-0.2, -0.15) is 0 Å². The first kappa shape index (κ1) is 26.3. The molecular weight excluding hydrogens is 502 g/mol. The van der Waals surface area contributed by atoms with Gasteiger partial charge in [0.15, 0.2) is 6.61 Å². The van der Waals surface area contributed by atoms with E-state index in [-0.39, 0.29) is 6.61 Å². The number of esters is 2. The Morgan fingerprint density at radius 3 is 2.58 bits per heavy atom. The molecule has 0 saturated carbocycles. The van der Waals surface area contributed by atoms with Gasteiger partial charge < -0.3 is 14.8 Å². The second-order valence-corrected chi connectivity index (χ2v) is 11.1. The Morgan fingerprint density at radius 2 is 1.79 bits per heavy atom. The molecule has 0 fully saturated rings. The van der Waals surface area contributed by atoms with E-state index in [2.05, 4.69) is 24.1 Å². The number of rotatable bonds is 7. The zero-order chi connectivity index (χ0) is 26.8. The average Bonchev–Trinajstić information content (AvgIpc) is 3.27. The third-order valence-electron chi connectivity index (χ3n) is 7.25. The molecule has 0 bridgehead atoms. The van der Waals surface area contributed by atoms with E-state index in [0.29, 0.717) is 28.7 Å². The molecule has 2 aliphatic rings. The topological polar surface area (TPSA) is 97.8 Å². The lowest BCUT2D eigenvalue weighted by Crippen LogP contribution is -2.37. The number of benzene rings is 1. The molecule has 1 aromatic carbocycles. The molecule has 1 N–H and O–H groups in total. The van der Waals surface area contributed by atoms with E-state index in [0.717, 1.165) is 71.2 Å². The average molecular weight is 536 g/mol. The molecule has 3 aromatic rings. The summed E-state index contributed by atoms with van der Waals surface area (Å²) < 4.78 is 10.8. The maximum atomic E-state index is 13.5. The molecule has 0 unspecified atom stereocenters. The highest BCUT2D eigenvalue weighted by Gasteiger charge is 2.29. The van der Waals surface area contributed by atoms with E-state index < -0.39 is 24.5 Å². The van der Waals surface area contributed by atoms with Gasteiger partial charge in [-0.3, -0.25) is 14.7 Å². The minimum Gasteiger partial charge on any atom is -0.462 e. The van der Waals surface area contributed by atoms with Crippen LogP contribution < -0.4 is 5.32 Å². The van der Waals surface area contributed by atoms with E-state index in [1.54, 1.807) is 6.92 Å². The molecule has 9 heteroatoms. The fourth-order valence-corrected chi connectivity index (χ4v) is 6.62. The smallest absolute Gasteiger partial charge is 0.341 e. The minimum absolute atomic E-state index is 0.257. The molecule has 0 saturated heterocycles. The van der Waals surface area contributed by atoms with Crippen molar-refractivity contribution in [3.05, 3.63) is 57.1 Å². The minimum atomic E-state index is -0.545. The fraction of sp³-hybridized carbons (Fsp3) is 0.448. The van der Waals surface area contributed by atoms with Gasteiger partial charge >= 0.3 is 11.9 Å². The molecule has 5 rings (SSSR count). The van der Waals surface area contributed by atoms with Crippen LogP contribution in [-0.4, -0.2) is 53.5 Å². The number of amides is 1. The van der Waals surface area contributed by atoms with E-state index in [4.69, 9.17) is 14.5 Å². The highest BCUT2D eigenvalue weighted by Crippen LogP contribution is 2.38. The Morgan fingerprint density at radius 1 is 1.03 bits per heavy atom. The number of fused-ring (bicyclic) bond motifs is 3. The lowest BCUT2D eigenvalue weighted by Gasteiger charge is -2.32. The van der Waals surface area contributed by atoms with Crippen molar-refractivity contribution in [2.45, 2.75) is 65.5 Å². The monoisotopic (exact) mass is 535 g/mol. The SMILES string of the molecule is CCOC(=O)c1c(NC(=O)COC(=O)c2c3c(nc4ccccc24)CCN(C(C)C)C3)sc2c1CCCC2. The van der Waals surface area contributed by atoms with Gasteiger partial charge in [0, 0.05) is 47.1 Å². The number of hydrogen-bond acceptors (Lipinski definition) is 8. The van der Waals surface area contributed by atoms with Crippen molar-refractivity contribution >= 4 is 45.1 Å². The van der Waals surface area contributed by atoms with Crippen LogP contribution >= 0.6 is 11.3 Å². The first-order valence-corrected chi connectivity index (χ1v) is 14.1. The van der Waals surface area contributed by atoms with Crippen molar-refractivity contribution in [2.24, 2.45) is 0 Å². The number of hydrogen-bond donors (Lipinski definition) is 1. The summed E-state index contributed by atoms with van der Waals surface area (Å²) in [5, 5.41) is 4.00. The van der Waals surface area contributed by atoms with E-state index in [1.165, 1.54) is 11.3 Å². The highest BCUT2D eigenvalue weighted by molar-refractivity contribution is 7.17. The summed E-state index contributed by atoms with van der Waals surface area (Å²) in [6, 6.07) is 7.86. The number of para-hydroxylation sites is 1. The first-order chi connectivity index (χ1) is 18.4. The molecule has 0 radical (unpaired) electrons. The fourth-order valence-electron chi connectivity index (χ4n) is 5.32. The van der Waals surface area contributed by atoms with Crippen LogP contribution in [0.1, 0.15) is 76.0 Å². The van der Waals surface area contributed by atoms with Crippen molar-refractivity contribution in [3.8, 4) is 0 Å². The molecule has 0 atom stereocenters. The summed E-state index contributed by atoms with van der Waals surface area (Å²) in [7, 11) is 0. The molecule has 0 spiro atoms. The van der Waals surface area contributed by atoms with Crippen LogP contribution in [0.4, 0.5) is 5.00 Å². The largest absolute Gasteiger partial charge is 0.462 e.